The van der Waals surface area contributed by atoms with Gasteiger partial charge in [-0.1, -0.05) is 13.0 Å². The van der Waals surface area contributed by atoms with Crippen LogP contribution < -0.4 is 0 Å². The molecule has 0 saturated heterocycles. The lowest BCUT2D eigenvalue weighted by molar-refractivity contribution is -0.136. The summed E-state index contributed by atoms with van der Waals surface area (Å²) in [4.78, 5) is 15.9. The maximum absolute atomic E-state index is 11.7. The van der Waals surface area contributed by atoms with Gasteiger partial charge in [-0.3, -0.25) is 4.98 Å². The molecular formula is C13H18BrNO3. The summed E-state index contributed by atoms with van der Waals surface area (Å²) in [6.45, 7) is 4.13. The number of ether oxygens (including phenoxy) is 1. The number of hydrogen-bond acceptors (Lipinski definition) is 4. The first-order valence-corrected chi connectivity index (χ1v) is 6.42. The van der Waals surface area contributed by atoms with E-state index >= 15 is 0 Å². The third-order valence-corrected chi connectivity index (χ3v) is 2.38. The largest absolute Gasteiger partial charge is 0.462 e. The first-order chi connectivity index (χ1) is 8.69. The lowest BCUT2D eigenvalue weighted by Crippen LogP contribution is -2.08. The second-order valence-electron chi connectivity index (χ2n) is 3.11. The molecule has 0 amide bonds. The molecule has 1 rings (SSSR count). The fourth-order valence-corrected chi connectivity index (χ4v) is 1.48. The molecule has 0 saturated carbocycles. The van der Waals surface area contributed by atoms with Crippen LogP contribution in [-0.4, -0.2) is 29.8 Å². The second kappa shape index (κ2) is 9.79. The van der Waals surface area contributed by atoms with Crippen LogP contribution >= 0.6 is 15.9 Å². The minimum Gasteiger partial charge on any atom is -0.462 e. The van der Waals surface area contributed by atoms with Crippen LogP contribution in [0.2, 0.25) is 0 Å². The molecule has 1 heterocycles. The van der Waals surface area contributed by atoms with E-state index in [1.807, 2.05) is 19.1 Å². The molecule has 100 valence electrons. The molecular weight excluding hydrogens is 298 g/mol. The standard InChI is InChI=1S/C12H14BrNO2.CH4O/c1-3-5-10(12(15)16-4-2)11-7-6-9(13)8-14-11;1-2/h5-8H,3-4H2,1-2H3;2H,1H3/b10-5+;. The zero-order valence-corrected chi connectivity index (χ0v) is 12.4. The first kappa shape index (κ1) is 16.8. The lowest BCUT2D eigenvalue weighted by Gasteiger charge is -2.06. The molecule has 18 heavy (non-hydrogen) atoms. The van der Waals surface area contributed by atoms with Gasteiger partial charge in [0, 0.05) is 17.8 Å². The molecule has 1 N–H and O–H groups in total. The Bertz CT molecular complexity index is 388. The number of aliphatic hydroxyl groups excluding tert-OH is 1. The molecule has 0 aliphatic rings. The van der Waals surface area contributed by atoms with Crippen LogP contribution in [0.4, 0.5) is 0 Å². The smallest absolute Gasteiger partial charge is 0.339 e. The minimum absolute atomic E-state index is 0.320. The van der Waals surface area contributed by atoms with Gasteiger partial charge in [0.15, 0.2) is 0 Å². The van der Waals surface area contributed by atoms with E-state index in [0.717, 1.165) is 18.0 Å². The molecule has 5 heteroatoms. The Morgan fingerprint density at radius 2 is 2.11 bits per heavy atom. The van der Waals surface area contributed by atoms with Crippen molar-refractivity contribution in [1.82, 2.24) is 4.98 Å². The number of aliphatic hydroxyl groups is 1. The minimum atomic E-state index is -0.320. The van der Waals surface area contributed by atoms with Gasteiger partial charge in [-0.15, -0.1) is 0 Å². The summed E-state index contributed by atoms with van der Waals surface area (Å²) in [5, 5.41) is 7.00. The van der Waals surface area contributed by atoms with E-state index in [0.29, 0.717) is 17.9 Å². The Morgan fingerprint density at radius 1 is 1.44 bits per heavy atom. The molecule has 1 aromatic rings. The fraction of sp³-hybridized carbons (Fsp3) is 0.385. The van der Waals surface area contributed by atoms with Crippen LogP contribution in [-0.2, 0) is 9.53 Å². The number of halogens is 1. The highest BCUT2D eigenvalue weighted by Crippen LogP contribution is 2.17. The molecule has 0 radical (unpaired) electrons. The fourth-order valence-electron chi connectivity index (χ4n) is 1.24. The Morgan fingerprint density at radius 3 is 2.56 bits per heavy atom. The van der Waals surface area contributed by atoms with Crippen molar-refractivity contribution in [2.45, 2.75) is 20.3 Å². The molecule has 0 atom stereocenters. The summed E-state index contributed by atoms with van der Waals surface area (Å²) >= 11 is 3.30. The van der Waals surface area contributed by atoms with E-state index in [2.05, 4.69) is 20.9 Å². The molecule has 0 aromatic carbocycles. The Balaban J connectivity index is 0.00000137. The van der Waals surface area contributed by atoms with Gasteiger partial charge >= 0.3 is 5.97 Å². The zero-order chi connectivity index (χ0) is 14.0. The molecule has 0 unspecified atom stereocenters. The molecule has 0 aliphatic carbocycles. The monoisotopic (exact) mass is 315 g/mol. The summed E-state index contributed by atoms with van der Waals surface area (Å²) in [5.41, 5.74) is 1.17. The van der Waals surface area contributed by atoms with Crippen molar-refractivity contribution in [2.75, 3.05) is 13.7 Å². The number of carbonyl (C=O) groups excluding carboxylic acids is 1. The average Bonchev–Trinajstić information content (AvgIpc) is 2.40. The topological polar surface area (TPSA) is 59.4 Å². The van der Waals surface area contributed by atoms with Crippen LogP contribution in [0.1, 0.15) is 26.0 Å². The van der Waals surface area contributed by atoms with E-state index in [-0.39, 0.29) is 5.97 Å². The van der Waals surface area contributed by atoms with Crippen molar-refractivity contribution in [2.24, 2.45) is 0 Å². The van der Waals surface area contributed by atoms with Crippen molar-refractivity contribution < 1.29 is 14.6 Å². The van der Waals surface area contributed by atoms with E-state index in [9.17, 15) is 4.79 Å². The number of esters is 1. The third-order valence-electron chi connectivity index (χ3n) is 1.91. The molecule has 1 aromatic heterocycles. The Hall–Kier alpha value is -1.20. The van der Waals surface area contributed by atoms with Gasteiger partial charge in [0.25, 0.3) is 0 Å². The van der Waals surface area contributed by atoms with Gasteiger partial charge in [-0.2, -0.15) is 0 Å². The van der Waals surface area contributed by atoms with E-state index in [4.69, 9.17) is 9.84 Å². The maximum Gasteiger partial charge on any atom is 0.339 e. The SMILES string of the molecule is CC/C=C(/C(=O)OCC)c1ccc(Br)cn1.CO. The number of hydrogen-bond donors (Lipinski definition) is 1. The maximum atomic E-state index is 11.7. The summed E-state index contributed by atoms with van der Waals surface area (Å²) in [5.74, 6) is -0.320. The predicted molar refractivity (Wildman–Crippen MR) is 75.0 cm³/mol. The van der Waals surface area contributed by atoms with Gasteiger partial charge in [-0.25, -0.2) is 4.79 Å². The summed E-state index contributed by atoms with van der Waals surface area (Å²) < 4.78 is 5.87. The van der Waals surface area contributed by atoms with Crippen LogP contribution in [0.25, 0.3) is 5.57 Å². The number of carbonyl (C=O) groups is 1. The molecule has 4 nitrogen and oxygen atoms in total. The van der Waals surface area contributed by atoms with Crippen LogP contribution in [0.15, 0.2) is 28.9 Å². The lowest BCUT2D eigenvalue weighted by atomic mass is 10.1. The van der Waals surface area contributed by atoms with Crippen molar-refractivity contribution >= 4 is 27.5 Å². The number of allylic oxidation sites excluding steroid dienone is 1. The van der Waals surface area contributed by atoms with E-state index in [1.54, 1.807) is 19.2 Å². The molecule has 0 bridgehead atoms. The Labute approximate surface area is 116 Å². The zero-order valence-electron chi connectivity index (χ0n) is 10.8. The summed E-state index contributed by atoms with van der Waals surface area (Å²) in [6.07, 6.45) is 4.26. The quantitative estimate of drug-likeness (QED) is 0.685. The summed E-state index contributed by atoms with van der Waals surface area (Å²) in [7, 11) is 1.00. The van der Waals surface area contributed by atoms with Crippen molar-refractivity contribution in [3.63, 3.8) is 0 Å². The number of pyridine rings is 1. The number of rotatable bonds is 4. The van der Waals surface area contributed by atoms with E-state index in [1.165, 1.54) is 0 Å². The second-order valence-corrected chi connectivity index (χ2v) is 4.02. The van der Waals surface area contributed by atoms with Crippen molar-refractivity contribution in [3.05, 3.63) is 34.6 Å². The van der Waals surface area contributed by atoms with Gasteiger partial charge < -0.3 is 9.84 Å². The number of nitrogens with zero attached hydrogens (tertiary/aromatic N) is 1. The normalized spacial score (nSPS) is 10.4. The summed E-state index contributed by atoms with van der Waals surface area (Å²) in [6, 6.07) is 3.65. The highest BCUT2D eigenvalue weighted by Gasteiger charge is 2.13. The Kier molecular flexibility index (Phi) is 9.14. The van der Waals surface area contributed by atoms with Gasteiger partial charge in [0.2, 0.25) is 0 Å². The van der Waals surface area contributed by atoms with E-state index < -0.39 is 0 Å². The van der Waals surface area contributed by atoms with Crippen LogP contribution in [0, 0.1) is 0 Å². The van der Waals surface area contributed by atoms with Crippen LogP contribution in [0.5, 0.6) is 0 Å². The third kappa shape index (κ3) is 5.42. The molecule has 0 fully saturated rings. The van der Waals surface area contributed by atoms with Gasteiger partial charge in [0.05, 0.1) is 17.9 Å². The first-order valence-electron chi connectivity index (χ1n) is 5.63. The van der Waals surface area contributed by atoms with Gasteiger partial charge in [-0.05, 0) is 41.4 Å². The number of aromatic nitrogens is 1. The average molecular weight is 316 g/mol. The van der Waals surface area contributed by atoms with Crippen molar-refractivity contribution in [1.29, 1.82) is 0 Å². The van der Waals surface area contributed by atoms with Crippen LogP contribution in [0.3, 0.4) is 0 Å². The molecule has 0 aliphatic heterocycles. The predicted octanol–water partition coefficient (Wildman–Crippen LogP) is 2.81. The van der Waals surface area contributed by atoms with Crippen molar-refractivity contribution in [3.8, 4) is 0 Å². The van der Waals surface area contributed by atoms with Gasteiger partial charge in [0.1, 0.15) is 0 Å². The molecule has 0 spiro atoms. The highest BCUT2D eigenvalue weighted by atomic mass is 79.9. The highest BCUT2D eigenvalue weighted by molar-refractivity contribution is 9.10.